The first-order valence-electron chi connectivity index (χ1n) is 12.8. The normalized spacial score (nSPS) is 16.1. The number of aliphatic hydroxyl groups is 1. The van der Waals surface area contributed by atoms with E-state index in [0.29, 0.717) is 31.1 Å². The zero-order valence-corrected chi connectivity index (χ0v) is 25.6. The van der Waals surface area contributed by atoms with Gasteiger partial charge in [-0.15, -0.1) is 0 Å². The van der Waals surface area contributed by atoms with Crippen LogP contribution in [0.4, 0.5) is 0 Å². The molecule has 0 aliphatic rings. The van der Waals surface area contributed by atoms with E-state index in [-0.39, 0.29) is 17.1 Å². The van der Waals surface area contributed by atoms with Crippen molar-refractivity contribution >= 4 is 14.3 Å². The van der Waals surface area contributed by atoms with Crippen LogP contribution >= 0.6 is 0 Å². The van der Waals surface area contributed by atoms with E-state index in [1.807, 2.05) is 45.9 Å². The summed E-state index contributed by atoms with van der Waals surface area (Å²) in [6.45, 7) is 21.0. The Morgan fingerprint density at radius 1 is 1.00 bits per heavy atom. The molecule has 0 aliphatic heterocycles. The van der Waals surface area contributed by atoms with Crippen molar-refractivity contribution < 1.29 is 33.3 Å². The standard InChI is InChI=1S/C28H50O7Si/c1-19(25(29)20(2)26(30)34-27(3,4)5)22(35-36(11,12)28(6,7)8)15-16-33-18-21-13-14-23(31-9)24(17-21)32-10/h13-14,17,19-20,22,25,29H,15-16,18H2,1-12H3/t19-,20+,22-,25+/m0/s1. The number of hydrogen-bond acceptors (Lipinski definition) is 7. The predicted octanol–water partition coefficient (Wildman–Crippen LogP) is 5.98. The molecule has 1 aromatic carbocycles. The molecule has 36 heavy (non-hydrogen) atoms. The average molecular weight is 527 g/mol. The van der Waals surface area contributed by atoms with Crippen molar-refractivity contribution in [1.82, 2.24) is 0 Å². The molecule has 1 aromatic rings. The van der Waals surface area contributed by atoms with Gasteiger partial charge in [0.15, 0.2) is 19.8 Å². The van der Waals surface area contributed by atoms with Crippen molar-refractivity contribution in [3.8, 4) is 11.5 Å². The van der Waals surface area contributed by atoms with E-state index < -0.39 is 31.9 Å². The minimum Gasteiger partial charge on any atom is -0.493 e. The van der Waals surface area contributed by atoms with Gasteiger partial charge in [0.1, 0.15) is 5.60 Å². The van der Waals surface area contributed by atoms with Crippen LogP contribution in [0.15, 0.2) is 18.2 Å². The smallest absolute Gasteiger partial charge is 0.311 e. The Hall–Kier alpha value is -1.61. The highest BCUT2D eigenvalue weighted by atomic mass is 28.4. The maximum Gasteiger partial charge on any atom is 0.311 e. The Kier molecular flexibility index (Phi) is 11.9. The quantitative estimate of drug-likeness (QED) is 0.192. The van der Waals surface area contributed by atoms with Gasteiger partial charge in [-0.05, 0) is 69.9 Å². The lowest BCUT2D eigenvalue weighted by atomic mass is 9.88. The summed E-state index contributed by atoms with van der Waals surface area (Å²) in [5.74, 6) is -0.0296. The van der Waals surface area contributed by atoms with Crippen LogP contribution in [-0.4, -0.2) is 58.0 Å². The SMILES string of the molecule is COc1ccc(COCC[C@H](O[Si](C)(C)C(C)(C)C)[C@H](C)[C@@H](O)[C@@H](C)C(=O)OC(C)(C)C)cc1OC. The Morgan fingerprint density at radius 2 is 1.58 bits per heavy atom. The lowest BCUT2D eigenvalue weighted by Crippen LogP contribution is -2.49. The second kappa shape index (κ2) is 13.3. The van der Waals surface area contributed by atoms with Gasteiger partial charge < -0.3 is 28.5 Å². The molecule has 0 aliphatic carbocycles. The number of carbonyl (C=O) groups excluding carboxylic acids is 1. The van der Waals surface area contributed by atoms with Crippen LogP contribution in [0.1, 0.15) is 67.4 Å². The van der Waals surface area contributed by atoms with Crippen molar-refractivity contribution in [3.05, 3.63) is 23.8 Å². The van der Waals surface area contributed by atoms with Crippen molar-refractivity contribution in [1.29, 1.82) is 0 Å². The third kappa shape index (κ3) is 9.69. The molecule has 1 N–H and O–H groups in total. The van der Waals surface area contributed by atoms with E-state index >= 15 is 0 Å². The van der Waals surface area contributed by atoms with Gasteiger partial charge in [-0.3, -0.25) is 4.79 Å². The van der Waals surface area contributed by atoms with Gasteiger partial charge in [-0.1, -0.05) is 33.8 Å². The summed E-state index contributed by atoms with van der Waals surface area (Å²) < 4.78 is 28.9. The molecule has 8 heteroatoms. The van der Waals surface area contributed by atoms with Crippen molar-refractivity contribution in [2.24, 2.45) is 11.8 Å². The van der Waals surface area contributed by atoms with Crippen LogP contribution in [0.2, 0.25) is 18.1 Å². The summed E-state index contributed by atoms with van der Waals surface area (Å²) in [7, 11) is 1.08. The lowest BCUT2D eigenvalue weighted by molar-refractivity contribution is -0.165. The monoisotopic (exact) mass is 526 g/mol. The Labute approximate surface area is 219 Å². The molecular formula is C28H50O7Si. The predicted molar refractivity (Wildman–Crippen MR) is 146 cm³/mol. The van der Waals surface area contributed by atoms with Gasteiger partial charge in [-0.2, -0.15) is 0 Å². The second-order valence-electron chi connectivity index (χ2n) is 12.1. The van der Waals surface area contributed by atoms with E-state index in [9.17, 15) is 9.90 Å². The lowest BCUT2D eigenvalue weighted by Gasteiger charge is -2.42. The summed E-state index contributed by atoms with van der Waals surface area (Å²) in [4.78, 5) is 12.6. The van der Waals surface area contributed by atoms with Crippen LogP contribution in [0, 0.1) is 11.8 Å². The summed E-state index contributed by atoms with van der Waals surface area (Å²) in [5, 5.41) is 11.1. The molecule has 4 atom stereocenters. The third-order valence-corrected chi connectivity index (χ3v) is 11.4. The van der Waals surface area contributed by atoms with Crippen LogP contribution < -0.4 is 9.47 Å². The van der Waals surface area contributed by atoms with Crippen LogP contribution in [0.5, 0.6) is 11.5 Å². The number of carbonyl (C=O) groups is 1. The van der Waals surface area contributed by atoms with Gasteiger partial charge in [0.2, 0.25) is 0 Å². The molecule has 208 valence electrons. The Balaban J connectivity index is 2.94. The number of methoxy groups -OCH3 is 2. The second-order valence-corrected chi connectivity index (χ2v) is 16.9. The van der Waals surface area contributed by atoms with E-state index in [0.717, 1.165) is 5.56 Å². The van der Waals surface area contributed by atoms with Crippen LogP contribution in [0.3, 0.4) is 0 Å². The molecule has 0 spiro atoms. The molecular weight excluding hydrogens is 476 g/mol. The van der Waals surface area contributed by atoms with Gasteiger partial charge in [0.25, 0.3) is 0 Å². The number of esters is 1. The van der Waals surface area contributed by atoms with E-state index in [1.165, 1.54) is 0 Å². The summed E-state index contributed by atoms with van der Waals surface area (Å²) in [5.41, 5.74) is 0.365. The molecule has 0 saturated carbocycles. The molecule has 0 saturated heterocycles. The molecule has 0 heterocycles. The topological polar surface area (TPSA) is 83.5 Å². The highest BCUT2D eigenvalue weighted by Crippen LogP contribution is 2.39. The van der Waals surface area contributed by atoms with Crippen molar-refractivity contribution in [2.45, 2.75) is 104 Å². The van der Waals surface area contributed by atoms with Crippen molar-refractivity contribution in [3.63, 3.8) is 0 Å². The Morgan fingerprint density at radius 3 is 2.08 bits per heavy atom. The van der Waals surface area contributed by atoms with Crippen LogP contribution in [0.25, 0.3) is 0 Å². The zero-order chi connectivity index (χ0) is 27.9. The summed E-state index contributed by atoms with van der Waals surface area (Å²) >= 11 is 0. The van der Waals surface area contributed by atoms with Gasteiger partial charge in [-0.25, -0.2) is 0 Å². The highest BCUT2D eigenvalue weighted by Gasteiger charge is 2.42. The first-order valence-corrected chi connectivity index (χ1v) is 15.7. The summed E-state index contributed by atoms with van der Waals surface area (Å²) in [6, 6.07) is 5.70. The minimum absolute atomic E-state index is 0.00715. The fourth-order valence-corrected chi connectivity index (χ4v) is 5.00. The minimum atomic E-state index is -2.14. The van der Waals surface area contributed by atoms with Gasteiger partial charge in [0.05, 0.1) is 39.0 Å². The third-order valence-electron chi connectivity index (χ3n) is 6.93. The maximum absolute atomic E-state index is 12.6. The number of hydrogen-bond donors (Lipinski definition) is 1. The molecule has 0 aromatic heterocycles. The maximum atomic E-state index is 12.6. The van der Waals surface area contributed by atoms with E-state index in [2.05, 4.69) is 33.9 Å². The average Bonchev–Trinajstić information content (AvgIpc) is 2.77. The molecule has 0 bridgehead atoms. The Bertz CT molecular complexity index is 826. The summed E-state index contributed by atoms with van der Waals surface area (Å²) in [6.07, 6.45) is -0.573. The van der Waals surface area contributed by atoms with Gasteiger partial charge >= 0.3 is 5.97 Å². The zero-order valence-electron chi connectivity index (χ0n) is 24.6. The molecule has 0 unspecified atom stereocenters. The number of ether oxygens (including phenoxy) is 4. The highest BCUT2D eigenvalue weighted by molar-refractivity contribution is 6.74. The number of aliphatic hydroxyl groups excluding tert-OH is 1. The first-order chi connectivity index (χ1) is 16.4. The van der Waals surface area contributed by atoms with E-state index in [4.69, 9.17) is 23.4 Å². The number of benzene rings is 1. The molecule has 1 rings (SSSR count). The molecule has 0 amide bonds. The van der Waals surface area contributed by atoms with Crippen LogP contribution in [-0.2, 0) is 25.3 Å². The molecule has 7 nitrogen and oxygen atoms in total. The number of rotatable bonds is 13. The fraction of sp³-hybridized carbons (Fsp3) is 0.750. The van der Waals surface area contributed by atoms with Gasteiger partial charge in [0, 0.05) is 12.5 Å². The fourth-order valence-electron chi connectivity index (χ4n) is 3.55. The molecule has 0 radical (unpaired) electrons. The first kappa shape index (κ1) is 32.4. The largest absolute Gasteiger partial charge is 0.493 e. The molecule has 0 fully saturated rings. The van der Waals surface area contributed by atoms with E-state index in [1.54, 1.807) is 21.1 Å². The van der Waals surface area contributed by atoms with Crippen molar-refractivity contribution in [2.75, 3.05) is 20.8 Å².